The number of unbranched alkanes of at least 4 members (excludes halogenated alkanes) is 9. The molecule has 0 heterocycles. The van der Waals surface area contributed by atoms with Crippen molar-refractivity contribution in [2.75, 3.05) is 0 Å². The Morgan fingerprint density at radius 2 is 1.25 bits per heavy atom. The Hall–Kier alpha value is -0.520. The van der Waals surface area contributed by atoms with Crippen molar-refractivity contribution >= 4 is 0 Å². The summed E-state index contributed by atoms with van der Waals surface area (Å²) >= 11 is 0. The van der Waals surface area contributed by atoms with Crippen LogP contribution in [0.1, 0.15) is 103 Å². The first-order chi connectivity index (χ1) is 9.88. The zero-order valence-corrected chi connectivity index (χ0v) is 13.9. The van der Waals surface area contributed by atoms with Gasteiger partial charge in [-0.2, -0.15) is 0 Å². The van der Waals surface area contributed by atoms with Gasteiger partial charge in [0.25, 0.3) is 0 Å². The summed E-state index contributed by atoms with van der Waals surface area (Å²) in [6.07, 6.45) is 23.1. The Balaban J connectivity index is 1.94. The van der Waals surface area contributed by atoms with Gasteiger partial charge in [-0.05, 0) is 51.4 Å². The number of rotatable bonds is 14. The molecule has 0 saturated carbocycles. The van der Waals surface area contributed by atoms with Crippen LogP contribution in [0.2, 0.25) is 0 Å². The molecule has 20 heavy (non-hydrogen) atoms. The first-order valence-electron chi connectivity index (χ1n) is 9.19. The molecule has 1 aliphatic rings. The maximum atomic E-state index is 3.78. The van der Waals surface area contributed by atoms with Gasteiger partial charge in [-0.3, -0.25) is 0 Å². The highest BCUT2D eigenvalue weighted by molar-refractivity contribution is 5.24. The standard InChI is InChI=1S/C20H36/c1-3-5-7-9-10-11-12-14-16-20-18-17-19(20)15-13-8-6-4-2/h3H,1,4-18H2,2H3. The van der Waals surface area contributed by atoms with E-state index >= 15 is 0 Å². The van der Waals surface area contributed by atoms with Crippen molar-refractivity contribution in [3.05, 3.63) is 23.8 Å². The maximum absolute atomic E-state index is 3.78. The number of hydrogen-bond donors (Lipinski definition) is 0. The van der Waals surface area contributed by atoms with Crippen molar-refractivity contribution in [3.63, 3.8) is 0 Å². The van der Waals surface area contributed by atoms with E-state index in [1.54, 1.807) is 0 Å². The molecule has 1 aliphatic carbocycles. The third kappa shape index (κ3) is 7.92. The molecule has 0 N–H and O–H groups in total. The molecule has 0 heteroatoms. The predicted molar refractivity (Wildman–Crippen MR) is 92.2 cm³/mol. The summed E-state index contributed by atoms with van der Waals surface area (Å²) in [6, 6.07) is 0. The highest BCUT2D eigenvalue weighted by atomic mass is 14.2. The van der Waals surface area contributed by atoms with Crippen molar-refractivity contribution < 1.29 is 0 Å². The third-order valence-corrected chi connectivity index (χ3v) is 4.70. The molecule has 0 aliphatic heterocycles. The molecule has 0 atom stereocenters. The van der Waals surface area contributed by atoms with Crippen LogP contribution in [0.5, 0.6) is 0 Å². The van der Waals surface area contributed by atoms with Gasteiger partial charge >= 0.3 is 0 Å². The fraction of sp³-hybridized carbons (Fsp3) is 0.800. The summed E-state index contributed by atoms with van der Waals surface area (Å²) in [5.41, 5.74) is 3.68. The van der Waals surface area contributed by atoms with E-state index in [2.05, 4.69) is 13.5 Å². The van der Waals surface area contributed by atoms with E-state index in [4.69, 9.17) is 0 Å². The van der Waals surface area contributed by atoms with Crippen molar-refractivity contribution in [1.82, 2.24) is 0 Å². The molecule has 0 bridgehead atoms. The smallest absolute Gasteiger partial charge is 0.0280 e. The Labute approximate surface area is 127 Å². The molecule has 1 rings (SSSR count). The van der Waals surface area contributed by atoms with Crippen LogP contribution in [0.4, 0.5) is 0 Å². The van der Waals surface area contributed by atoms with Crippen LogP contribution < -0.4 is 0 Å². The summed E-state index contributed by atoms with van der Waals surface area (Å²) in [6.45, 7) is 6.07. The predicted octanol–water partition coefficient (Wildman–Crippen LogP) is 7.35. The Morgan fingerprint density at radius 3 is 1.75 bits per heavy atom. The number of allylic oxidation sites excluding steroid dienone is 3. The molecule has 0 aromatic carbocycles. The average Bonchev–Trinajstić information content (AvgIpc) is 2.44. The van der Waals surface area contributed by atoms with Gasteiger partial charge in [0.2, 0.25) is 0 Å². The molecule has 116 valence electrons. The molecule has 0 unspecified atom stereocenters. The van der Waals surface area contributed by atoms with Gasteiger partial charge in [0.15, 0.2) is 0 Å². The second-order valence-corrected chi connectivity index (χ2v) is 6.47. The summed E-state index contributed by atoms with van der Waals surface area (Å²) in [5, 5.41) is 0. The van der Waals surface area contributed by atoms with E-state index in [0.29, 0.717) is 0 Å². The molecule has 0 aromatic rings. The monoisotopic (exact) mass is 276 g/mol. The molecular formula is C20H36. The fourth-order valence-corrected chi connectivity index (χ4v) is 3.18. The lowest BCUT2D eigenvalue weighted by Crippen LogP contribution is -2.04. The Kier molecular flexibility index (Phi) is 10.7. The van der Waals surface area contributed by atoms with Crippen LogP contribution in [-0.4, -0.2) is 0 Å². The fourth-order valence-electron chi connectivity index (χ4n) is 3.18. The molecule has 0 spiro atoms. The Bertz CT molecular complexity index is 272. The second-order valence-electron chi connectivity index (χ2n) is 6.47. The quantitative estimate of drug-likeness (QED) is 0.230. The molecule has 0 nitrogen and oxygen atoms in total. The van der Waals surface area contributed by atoms with E-state index < -0.39 is 0 Å². The largest absolute Gasteiger partial charge is 0.103 e. The molecule has 0 fully saturated rings. The summed E-state index contributed by atoms with van der Waals surface area (Å²) in [4.78, 5) is 0. The molecule has 0 amide bonds. The lowest BCUT2D eigenvalue weighted by molar-refractivity contribution is 0.570. The first-order valence-corrected chi connectivity index (χ1v) is 9.19. The average molecular weight is 277 g/mol. The molecule has 0 saturated heterocycles. The minimum atomic E-state index is 1.20. The molecular weight excluding hydrogens is 240 g/mol. The van der Waals surface area contributed by atoms with Crippen LogP contribution in [0.15, 0.2) is 23.8 Å². The van der Waals surface area contributed by atoms with Gasteiger partial charge in [0.05, 0.1) is 0 Å². The molecule has 0 radical (unpaired) electrons. The number of hydrogen-bond acceptors (Lipinski definition) is 0. The zero-order valence-electron chi connectivity index (χ0n) is 13.9. The lowest BCUT2D eigenvalue weighted by Gasteiger charge is -2.24. The van der Waals surface area contributed by atoms with E-state index in [1.807, 2.05) is 17.2 Å². The van der Waals surface area contributed by atoms with Gasteiger partial charge in [-0.15, -0.1) is 6.58 Å². The lowest BCUT2D eigenvalue weighted by atomic mass is 9.82. The van der Waals surface area contributed by atoms with E-state index in [-0.39, 0.29) is 0 Å². The highest BCUT2D eigenvalue weighted by Gasteiger charge is 2.15. The SMILES string of the molecule is C=CCCCCCCCCC1=C(CCCCCC)CC1. The van der Waals surface area contributed by atoms with Crippen molar-refractivity contribution in [3.8, 4) is 0 Å². The molecule has 0 aromatic heterocycles. The minimum absolute atomic E-state index is 1.20. The van der Waals surface area contributed by atoms with E-state index in [1.165, 1.54) is 96.3 Å². The van der Waals surface area contributed by atoms with Crippen molar-refractivity contribution in [2.24, 2.45) is 0 Å². The summed E-state index contributed by atoms with van der Waals surface area (Å²) in [7, 11) is 0. The van der Waals surface area contributed by atoms with Gasteiger partial charge in [-0.25, -0.2) is 0 Å². The van der Waals surface area contributed by atoms with Crippen molar-refractivity contribution in [2.45, 2.75) is 103 Å². The zero-order chi connectivity index (χ0) is 14.5. The van der Waals surface area contributed by atoms with Crippen LogP contribution in [0, 0.1) is 0 Å². The van der Waals surface area contributed by atoms with Crippen LogP contribution in [0.25, 0.3) is 0 Å². The summed E-state index contributed by atoms with van der Waals surface area (Å²) < 4.78 is 0. The first kappa shape index (κ1) is 17.5. The van der Waals surface area contributed by atoms with Crippen LogP contribution >= 0.6 is 0 Å². The van der Waals surface area contributed by atoms with Gasteiger partial charge < -0.3 is 0 Å². The Morgan fingerprint density at radius 1 is 0.750 bits per heavy atom. The van der Waals surface area contributed by atoms with Gasteiger partial charge in [0.1, 0.15) is 0 Å². The van der Waals surface area contributed by atoms with E-state index in [0.717, 1.165) is 0 Å². The van der Waals surface area contributed by atoms with Crippen molar-refractivity contribution in [1.29, 1.82) is 0 Å². The normalized spacial score (nSPS) is 14.4. The maximum Gasteiger partial charge on any atom is -0.0280 e. The van der Waals surface area contributed by atoms with E-state index in [9.17, 15) is 0 Å². The third-order valence-electron chi connectivity index (χ3n) is 4.70. The van der Waals surface area contributed by atoms with Gasteiger partial charge in [0, 0.05) is 0 Å². The van der Waals surface area contributed by atoms with Crippen LogP contribution in [0.3, 0.4) is 0 Å². The van der Waals surface area contributed by atoms with Crippen LogP contribution in [-0.2, 0) is 0 Å². The summed E-state index contributed by atoms with van der Waals surface area (Å²) in [5.74, 6) is 0. The van der Waals surface area contributed by atoms with Gasteiger partial charge in [-0.1, -0.05) is 69.1 Å². The second kappa shape index (κ2) is 12.2. The highest BCUT2D eigenvalue weighted by Crippen LogP contribution is 2.35. The minimum Gasteiger partial charge on any atom is -0.103 e. The topological polar surface area (TPSA) is 0 Å².